The first kappa shape index (κ1) is 22.2. The predicted molar refractivity (Wildman–Crippen MR) is 105 cm³/mol. The maximum absolute atomic E-state index is 5.97. The number of hydrogen-bond donors (Lipinski definition) is 2. The molecule has 0 radical (unpaired) electrons. The number of rotatable bonds is 8. The molecule has 0 atom stereocenters. The van der Waals surface area contributed by atoms with Crippen LogP contribution in [-0.4, -0.2) is 49.9 Å². The van der Waals surface area contributed by atoms with Gasteiger partial charge in [0.2, 0.25) is 5.88 Å². The van der Waals surface area contributed by atoms with Crippen molar-refractivity contribution in [2.24, 2.45) is 4.99 Å². The number of methoxy groups -OCH3 is 1. The smallest absolute Gasteiger partial charge is 0.232 e. The first-order valence-corrected chi connectivity index (χ1v) is 7.67. The van der Waals surface area contributed by atoms with Gasteiger partial charge < -0.3 is 20.1 Å². The highest BCUT2D eigenvalue weighted by Crippen LogP contribution is 2.19. The van der Waals surface area contributed by atoms with Gasteiger partial charge in [-0.25, -0.2) is 4.98 Å². The summed E-state index contributed by atoms with van der Waals surface area (Å²) in [5, 5.41) is 6.87. The summed E-state index contributed by atoms with van der Waals surface area (Å²) < 4.78 is 10.9. The molecule has 1 aromatic rings. The highest BCUT2D eigenvalue weighted by molar-refractivity contribution is 14.0. The van der Waals surface area contributed by atoms with Crippen LogP contribution in [0.15, 0.2) is 23.3 Å². The monoisotopic (exact) mass is 456 g/mol. The van der Waals surface area contributed by atoms with Crippen molar-refractivity contribution in [3.05, 3.63) is 23.4 Å². The van der Waals surface area contributed by atoms with Gasteiger partial charge in [-0.05, 0) is 32.9 Å². The summed E-state index contributed by atoms with van der Waals surface area (Å²) in [5.74, 6) is 1.16. The van der Waals surface area contributed by atoms with E-state index in [1.165, 1.54) is 0 Å². The number of halogens is 2. The summed E-state index contributed by atoms with van der Waals surface area (Å²) in [6, 6.07) is 3.51. The van der Waals surface area contributed by atoms with E-state index in [0.29, 0.717) is 30.6 Å². The number of hydrogen-bond acceptors (Lipinski definition) is 4. The van der Waals surface area contributed by atoms with E-state index in [2.05, 4.69) is 20.6 Å². The van der Waals surface area contributed by atoms with Crippen LogP contribution in [0.1, 0.15) is 20.8 Å². The zero-order valence-corrected chi connectivity index (χ0v) is 17.1. The molecule has 132 valence electrons. The molecular weight excluding hydrogens is 431 g/mol. The Labute approximate surface area is 160 Å². The minimum atomic E-state index is -0.291. The summed E-state index contributed by atoms with van der Waals surface area (Å²) >= 11 is 5.97. The lowest BCUT2D eigenvalue weighted by Crippen LogP contribution is -2.40. The second-order valence-electron chi connectivity index (χ2n) is 5.22. The van der Waals surface area contributed by atoms with Crippen molar-refractivity contribution in [2.75, 3.05) is 33.4 Å². The van der Waals surface area contributed by atoms with Crippen LogP contribution in [0.5, 0.6) is 5.88 Å². The minimum absolute atomic E-state index is 0. The highest BCUT2D eigenvalue weighted by Gasteiger charge is 2.15. The lowest BCUT2D eigenvalue weighted by molar-refractivity contribution is 0.0310. The fraction of sp³-hybridized carbons (Fsp3) is 0.600. The van der Waals surface area contributed by atoms with Crippen LogP contribution < -0.4 is 15.4 Å². The third kappa shape index (κ3) is 9.17. The van der Waals surface area contributed by atoms with E-state index in [4.69, 9.17) is 21.1 Å². The molecule has 0 amide bonds. The molecule has 1 rings (SSSR count). The van der Waals surface area contributed by atoms with Crippen molar-refractivity contribution in [3.63, 3.8) is 0 Å². The molecule has 0 bridgehead atoms. The zero-order valence-electron chi connectivity index (χ0n) is 14.1. The van der Waals surface area contributed by atoms with Gasteiger partial charge in [-0.2, -0.15) is 0 Å². The fourth-order valence-electron chi connectivity index (χ4n) is 1.47. The van der Waals surface area contributed by atoms with E-state index in [1.54, 1.807) is 25.4 Å². The third-order valence-electron chi connectivity index (χ3n) is 2.87. The summed E-state index contributed by atoms with van der Waals surface area (Å²) in [5.41, 5.74) is -0.291. The lowest BCUT2D eigenvalue weighted by atomic mass is 10.1. The Morgan fingerprint density at radius 2 is 2.13 bits per heavy atom. The van der Waals surface area contributed by atoms with Crippen LogP contribution in [0.4, 0.5) is 0 Å². The van der Waals surface area contributed by atoms with Crippen LogP contribution >= 0.6 is 35.6 Å². The molecule has 8 heteroatoms. The van der Waals surface area contributed by atoms with Gasteiger partial charge in [-0.3, -0.25) is 4.99 Å². The molecule has 23 heavy (non-hydrogen) atoms. The third-order valence-corrected chi connectivity index (χ3v) is 3.16. The van der Waals surface area contributed by atoms with Crippen molar-refractivity contribution in [1.29, 1.82) is 0 Å². The molecule has 0 spiro atoms. The molecule has 0 aromatic carbocycles. The van der Waals surface area contributed by atoms with Crippen molar-refractivity contribution >= 4 is 41.5 Å². The van der Waals surface area contributed by atoms with Crippen LogP contribution in [0, 0.1) is 0 Å². The molecule has 0 saturated carbocycles. The molecule has 0 aliphatic heterocycles. The molecule has 0 aliphatic carbocycles. The predicted octanol–water partition coefficient (Wildman–Crippen LogP) is 2.71. The number of guanidine groups is 1. The van der Waals surface area contributed by atoms with Gasteiger partial charge in [-0.1, -0.05) is 11.6 Å². The van der Waals surface area contributed by atoms with Crippen LogP contribution in [-0.2, 0) is 4.74 Å². The minimum Gasteiger partial charge on any atom is -0.475 e. The fourth-order valence-corrected chi connectivity index (χ4v) is 1.65. The summed E-state index contributed by atoms with van der Waals surface area (Å²) in [4.78, 5) is 8.56. The summed E-state index contributed by atoms with van der Waals surface area (Å²) in [6.07, 6.45) is 1.65. The zero-order chi connectivity index (χ0) is 16.4. The largest absolute Gasteiger partial charge is 0.475 e. The first-order chi connectivity index (χ1) is 10.5. The Kier molecular flexibility index (Phi) is 11.3. The van der Waals surface area contributed by atoms with Crippen molar-refractivity contribution in [3.8, 4) is 5.88 Å². The van der Waals surface area contributed by atoms with Crippen LogP contribution in [0.25, 0.3) is 0 Å². The normalized spacial score (nSPS) is 11.6. The molecule has 6 nitrogen and oxygen atoms in total. The molecule has 1 heterocycles. The van der Waals surface area contributed by atoms with Crippen molar-refractivity contribution in [2.45, 2.75) is 26.4 Å². The average molecular weight is 457 g/mol. The number of aromatic nitrogens is 1. The topological polar surface area (TPSA) is 67.8 Å². The number of nitrogens with one attached hydrogen (secondary N) is 2. The van der Waals surface area contributed by atoms with Crippen LogP contribution in [0.3, 0.4) is 0 Å². The Bertz CT molecular complexity index is 486. The molecule has 0 fully saturated rings. The van der Waals surface area contributed by atoms with E-state index < -0.39 is 0 Å². The van der Waals surface area contributed by atoms with Gasteiger partial charge in [0, 0.05) is 19.9 Å². The number of ether oxygens (including phenoxy) is 2. The van der Waals surface area contributed by atoms with E-state index >= 15 is 0 Å². The van der Waals surface area contributed by atoms with Gasteiger partial charge in [0.05, 0.1) is 18.7 Å². The molecule has 1 aromatic heterocycles. The van der Waals surface area contributed by atoms with Gasteiger partial charge in [-0.15, -0.1) is 24.0 Å². The standard InChI is InChI=1S/C15H25ClN4O2.HI/c1-5-17-14(20-11-15(2,3)21-4)19-9-10-22-13-12(16)7-6-8-18-13;/h6-8H,5,9-11H2,1-4H3,(H2,17,19,20);1H. The Balaban J connectivity index is 0.00000484. The Morgan fingerprint density at radius 3 is 2.74 bits per heavy atom. The maximum Gasteiger partial charge on any atom is 0.232 e. The maximum atomic E-state index is 5.97. The van der Waals surface area contributed by atoms with E-state index in [9.17, 15) is 0 Å². The first-order valence-electron chi connectivity index (χ1n) is 7.29. The van der Waals surface area contributed by atoms with E-state index in [1.807, 2.05) is 20.8 Å². The summed E-state index contributed by atoms with van der Waals surface area (Å²) in [7, 11) is 1.68. The average Bonchev–Trinajstić information content (AvgIpc) is 2.50. The van der Waals surface area contributed by atoms with Gasteiger partial charge in [0.1, 0.15) is 11.6 Å². The van der Waals surface area contributed by atoms with Gasteiger partial charge in [0.15, 0.2) is 5.96 Å². The molecule has 0 saturated heterocycles. The van der Waals surface area contributed by atoms with Gasteiger partial charge >= 0.3 is 0 Å². The SMILES string of the molecule is CCNC(=NCC(C)(C)OC)NCCOc1ncccc1Cl.I. The number of nitrogens with zero attached hydrogens (tertiary/aromatic N) is 2. The van der Waals surface area contributed by atoms with Crippen LogP contribution in [0.2, 0.25) is 5.02 Å². The van der Waals surface area contributed by atoms with Gasteiger partial charge in [0.25, 0.3) is 0 Å². The molecule has 2 N–H and O–H groups in total. The Hall–Kier alpha value is -0.800. The van der Waals surface area contributed by atoms with Crippen molar-refractivity contribution in [1.82, 2.24) is 15.6 Å². The molecule has 0 unspecified atom stereocenters. The lowest BCUT2D eigenvalue weighted by Gasteiger charge is -2.21. The molecular formula is C15H26ClIN4O2. The highest BCUT2D eigenvalue weighted by atomic mass is 127. The van der Waals surface area contributed by atoms with E-state index in [0.717, 1.165) is 12.5 Å². The Morgan fingerprint density at radius 1 is 1.39 bits per heavy atom. The summed E-state index contributed by atoms with van der Waals surface area (Å²) in [6.45, 7) is 8.38. The second kappa shape index (κ2) is 11.7. The number of pyridine rings is 1. The number of aliphatic imine (C=N–C) groups is 1. The second-order valence-corrected chi connectivity index (χ2v) is 5.63. The quantitative estimate of drug-likeness (QED) is 0.272. The van der Waals surface area contributed by atoms with Crippen molar-refractivity contribution < 1.29 is 9.47 Å². The molecule has 0 aliphatic rings. The van der Waals surface area contributed by atoms with E-state index in [-0.39, 0.29) is 29.6 Å².